The Bertz CT molecular complexity index is 610. The molecular formula is C12H10BrClN2O2. The van der Waals surface area contributed by atoms with Crippen LogP contribution in [0.2, 0.25) is 5.02 Å². The standard InChI is InChI=1S/C12H10BrClN2O2/c1-6-7(2)16-18-12(6)15-11(17)8-3-4-10(14)9(13)5-8/h3-5H,1-2H3,(H,15,17). The Kier molecular flexibility index (Phi) is 3.73. The predicted molar refractivity (Wildman–Crippen MR) is 73.1 cm³/mol. The van der Waals surface area contributed by atoms with E-state index in [-0.39, 0.29) is 5.91 Å². The summed E-state index contributed by atoms with van der Waals surface area (Å²) in [6.45, 7) is 3.65. The Morgan fingerprint density at radius 1 is 1.44 bits per heavy atom. The largest absolute Gasteiger partial charge is 0.338 e. The van der Waals surface area contributed by atoms with Gasteiger partial charge in [0.25, 0.3) is 5.91 Å². The number of hydrogen-bond donors (Lipinski definition) is 1. The maximum atomic E-state index is 12.0. The third kappa shape index (κ3) is 2.57. The lowest BCUT2D eigenvalue weighted by molar-refractivity contribution is 0.102. The number of anilines is 1. The zero-order chi connectivity index (χ0) is 13.3. The van der Waals surface area contributed by atoms with Crippen molar-refractivity contribution < 1.29 is 9.32 Å². The molecule has 2 rings (SSSR count). The molecule has 0 aliphatic rings. The molecule has 0 fully saturated rings. The summed E-state index contributed by atoms with van der Waals surface area (Å²) >= 11 is 9.14. The minimum absolute atomic E-state index is 0.272. The number of carbonyl (C=O) groups excluding carboxylic acids is 1. The van der Waals surface area contributed by atoms with Crippen LogP contribution < -0.4 is 5.32 Å². The molecule has 0 atom stereocenters. The van der Waals surface area contributed by atoms with E-state index in [0.717, 1.165) is 11.3 Å². The summed E-state index contributed by atoms with van der Waals surface area (Å²) in [5, 5.41) is 6.99. The quantitative estimate of drug-likeness (QED) is 0.907. The number of amides is 1. The van der Waals surface area contributed by atoms with E-state index in [4.69, 9.17) is 16.1 Å². The number of nitrogens with one attached hydrogen (secondary N) is 1. The van der Waals surface area contributed by atoms with Crippen molar-refractivity contribution in [2.75, 3.05) is 5.32 Å². The molecule has 0 unspecified atom stereocenters. The summed E-state index contributed by atoms with van der Waals surface area (Å²) < 4.78 is 5.69. The number of halogens is 2. The number of aromatic nitrogens is 1. The second-order valence-electron chi connectivity index (χ2n) is 3.81. The van der Waals surface area contributed by atoms with Crippen LogP contribution in [0.1, 0.15) is 21.6 Å². The molecule has 6 heteroatoms. The van der Waals surface area contributed by atoms with Gasteiger partial charge >= 0.3 is 0 Å². The lowest BCUT2D eigenvalue weighted by Gasteiger charge is -2.03. The zero-order valence-electron chi connectivity index (χ0n) is 9.75. The van der Waals surface area contributed by atoms with E-state index in [1.165, 1.54) is 0 Å². The minimum atomic E-state index is -0.272. The summed E-state index contributed by atoms with van der Waals surface area (Å²) in [6.07, 6.45) is 0. The molecule has 1 heterocycles. The first-order valence-electron chi connectivity index (χ1n) is 5.18. The normalized spacial score (nSPS) is 10.4. The Balaban J connectivity index is 2.22. The number of rotatable bonds is 2. The molecule has 0 aliphatic carbocycles. The van der Waals surface area contributed by atoms with E-state index in [9.17, 15) is 4.79 Å². The average Bonchev–Trinajstić information content (AvgIpc) is 2.64. The maximum Gasteiger partial charge on any atom is 0.258 e. The first kappa shape index (κ1) is 13.1. The fraction of sp³-hybridized carbons (Fsp3) is 0.167. The van der Waals surface area contributed by atoms with Gasteiger partial charge in [0, 0.05) is 15.6 Å². The van der Waals surface area contributed by atoms with Crippen LogP contribution in [-0.2, 0) is 0 Å². The van der Waals surface area contributed by atoms with Crippen molar-refractivity contribution >= 4 is 39.3 Å². The SMILES string of the molecule is Cc1noc(NC(=O)c2ccc(Cl)c(Br)c2)c1C. The van der Waals surface area contributed by atoms with Crippen LogP contribution in [0, 0.1) is 13.8 Å². The molecular weight excluding hydrogens is 320 g/mol. The van der Waals surface area contributed by atoms with Crippen LogP contribution in [0.5, 0.6) is 0 Å². The molecule has 0 spiro atoms. The molecule has 0 saturated heterocycles. The molecule has 94 valence electrons. The Labute approximate surface area is 117 Å². The van der Waals surface area contributed by atoms with E-state index in [0.29, 0.717) is 20.9 Å². The first-order valence-corrected chi connectivity index (χ1v) is 6.35. The Morgan fingerprint density at radius 3 is 2.72 bits per heavy atom. The molecule has 4 nitrogen and oxygen atoms in total. The van der Waals surface area contributed by atoms with Gasteiger partial charge in [-0.3, -0.25) is 10.1 Å². The van der Waals surface area contributed by atoms with Crippen molar-refractivity contribution in [3.05, 3.63) is 44.5 Å². The van der Waals surface area contributed by atoms with Crippen LogP contribution in [0.3, 0.4) is 0 Å². The van der Waals surface area contributed by atoms with E-state index >= 15 is 0 Å². The molecule has 0 bridgehead atoms. The van der Waals surface area contributed by atoms with Crippen LogP contribution in [-0.4, -0.2) is 11.1 Å². The first-order chi connectivity index (χ1) is 8.49. The van der Waals surface area contributed by atoms with Gasteiger partial charge < -0.3 is 4.52 Å². The summed E-state index contributed by atoms with van der Waals surface area (Å²) in [5.74, 6) is 0.0928. The third-order valence-corrected chi connectivity index (χ3v) is 3.78. The molecule has 1 amide bonds. The predicted octanol–water partition coefficient (Wildman–Crippen LogP) is 3.96. The minimum Gasteiger partial charge on any atom is -0.338 e. The Morgan fingerprint density at radius 2 is 2.17 bits per heavy atom. The summed E-state index contributed by atoms with van der Waals surface area (Å²) in [5.41, 5.74) is 2.05. The van der Waals surface area contributed by atoms with E-state index in [1.807, 2.05) is 13.8 Å². The van der Waals surface area contributed by atoms with Crippen molar-refractivity contribution in [2.45, 2.75) is 13.8 Å². The molecule has 1 N–H and O–H groups in total. The molecule has 0 aliphatic heterocycles. The second-order valence-corrected chi connectivity index (χ2v) is 5.07. The number of benzene rings is 1. The molecule has 2 aromatic rings. The fourth-order valence-corrected chi connectivity index (χ4v) is 1.84. The third-order valence-electron chi connectivity index (χ3n) is 2.57. The van der Waals surface area contributed by atoms with Gasteiger partial charge in [0.2, 0.25) is 5.88 Å². The van der Waals surface area contributed by atoms with Gasteiger partial charge in [-0.15, -0.1) is 0 Å². The molecule has 1 aromatic carbocycles. The highest BCUT2D eigenvalue weighted by molar-refractivity contribution is 9.10. The highest BCUT2D eigenvalue weighted by atomic mass is 79.9. The smallest absolute Gasteiger partial charge is 0.258 e. The molecule has 0 radical (unpaired) electrons. The highest BCUT2D eigenvalue weighted by Gasteiger charge is 2.13. The van der Waals surface area contributed by atoms with Gasteiger partial charge in [-0.05, 0) is 48.0 Å². The fourth-order valence-electron chi connectivity index (χ4n) is 1.34. The van der Waals surface area contributed by atoms with Gasteiger partial charge in [0.15, 0.2) is 0 Å². The van der Waals surface area contributed by atoms with Crippen molar-refractivity contribution in [3.8, 4) is 0 Å². The Hall–Kier alpha value is -1.33. The van der Waals surface area contributed by atoms with E-state index in [1.54, 1.807) is 18.2 Å². The number of carbonyl (C=O) groups is 1. The van der Waals surface area contributed by atoms with Crippen LogP contribution in [0.4, 0.5) is 5.88 Å². The van der Waals surface area contributed by atoms with Crippen LogP contribution in [0.15, 0.2) is 27.2 Å². The number of aryl methyl sites for hydroxylation is 1. The average molecular weight is 330 g/mol. The molecule has 1 aromatic heterocycles. The van der Waals surface area contributed by atoms with Crippen LogP contribution in [0.25, 0.3) is 0 Å². The molecule has 0 saturated carbocycles. The second kappa shape index (κ2) is 5.12. The van der Waals surface area contributed by atoms with Gasteiger partial charge in [-0.25, -0.2) is 0 Å². The van der Waals surface area contributed by atoms with E-state index in [2.05, 4.69) is 26.4 Å². The summed E-state index contributed by atoms with van der Waals surface area (Å²) in [6, 6.07) is 4.94. The lowest BCUT2D eigenvalue weighted by atomic mass is 10.2. The number of hydrogen-bond acceptors (Lipinski definition) is 3. The topological polar surface area (TPSA) is 55.1 Å². The van der Waals surface area contributed by atoms with Crippen molar-refractivity contribution in [1.82, 2.24) is 5.16 Å². The summed E-state index contributed by atoms with van der Waals surface area (Å²) in [4.78, 5) is 12.0. The van der Waals surface area contributed by atoms with Crippen molar-refractivity contribution in [2.24, 2.45) is 0 Å². The summed E-state index contributed by atoms with van der Waals surface area (Å²) in [7, 11) is 0. The van der Waals surface area contributed by atoms with Crippen molar-refractivity contribution in [1.29, 1.82) is 0 Å². The van der Waals surface area contributed by atoms with Crippen molar-refractivity contribution in [3.63, 3.8) is 0 Å². The van der Waals surface area contributed by atoms with E-state index < -0.39 is 0 Å². The number of nitrogens with zero attached hydrogens (tertiary/aromatic N) is 1. The highest BCUT2D eigenvalue weighted by Crippen LogP contribution is 2.24. The monoisotopic (exact) mass is 328 g/mol. The van der Waals surface area contributed by atoms with Crippen LogP contribution >= 0.6 is 27.5 Å². The lowest BCUT2D eigenvalue weighted by Crippen LogP contribution is -2.12. The van der Waals surface area contributed by atoms with Gasteiger partial charge in [-0.1, -0.05) is 16.8 Å². The van der Waals surface area contributed by atoms with Gasteiger partial charge in [0.1, 0.15) is 0 Å². The maximum absolute atomic E-state index is 12.0. The van der Waals surface area contributed by atoms with Gasteiger partial charge in [-0.2, -0.15) is 0 Å². The van der Waals surface area contributed by atoms with Gasteiger partial charge in [0.05, 0.1) is 10.7 Å². The molecule has 18 heavy (non-hydrogen) atoms. The zero-order valence-corrected chi connectivity index (χ0v) is 12.1.